The molecule has 1 aromatic rings. The van der Waals surface area contributed by atoms with Gasteiger partial charge in [0.05, 0.1) is 5.56 Å². The van der Waals surface area contributed by atoms with Crippen molar-refractivity contribution in [1.82, 2.24) is 10.9 Å². The van der Waals surface area contributed by atoms with E-state index in [0.717, 1.165) is 6.07 Å². The third-order valence-corrected chi connectivity index (χ3v) is 1.98. The molecule has 2 N–H and O–H groups in total. The Labute approximate surface area is 96.8 Å². The molecule has 0 saturated carbocycles. The Hall–Kier alpha value is -1.62. The zero-order valence-electron chi connectivity index (χ0n) is 8.46. The van der Waals surface area contributed by atoms with Gasteiger partial charge in [0, 0.05) is 0 Å². The zero-order valence-corrected chi connectivity index (χ0v) is 9.22. The van der Waals surface area contributed by atoms with E-state index in [-0.39, 0.29) is 5.56 Å². The smallest absolute Gasteiger partial charge is 0.272 e. The monoisotopic (exact) mass is 244 g/mol. The Bertz CT molecular complexity index is 410. The lowest BCUT2D eigenvalue weighted by Gasteiger charge is -2.08. The van der Waals surface area contributed by atoms with E-state index in [1.807, 2.05) is 0 Å². The van der Waals surface area contributed by atoms with Gasteiger partial charge in [0.15, 0.2) is 0 Å². The number of carbonyl (C=O) groups is 2. The minimum Gasteiger partial charge on any atom is -0.272 e. The number of carbonyl (C=O) groups excluding carboxylic acids is 2. The van der Waals surface area contributed by atoms with Crippen molar-refractivity contribution in [1.29, 1.82) is 0 Å². The molecule has 0 spiro atoms. The minimum absolute atomic E-state index is 0.148. The van der Waals surface area contributed by atoms with Crippen LogP contribution in [0.5, 0.6) is 0 Å². The van der Waals surface area contributed by atoms with E-state index in [1.54, 1.807) is 0 Å². The van der Waals surface area contributed by atoms with Crippen LogP contribution in [0.3, 0.4) is 0 Å². The summed E-state index contributed by atoms with van der Waals surface area (Å²) in [4.78, 5) is 22.4. The highest BCUT2D eigenvalue weighted by molar-refractivity contribution is 6.30. The van der Waals surface area contributed by atoms with Gasteiger partial charge in [-0.1, -0.05) is 12.1 Å². The van der Waals surface area contributed by atoms with Crippen molar-refractivity contribution >= 4 is 23.4 Å². The van der Waals surface area contributed by atoms with Crippen molar-refractivity contribution in [2.45, 2.75) is 12.3 Å². The Balaban J connectivity index is 2.60. The van der Waals surface area contributed by atoms with Gasteiger partial charge in [-0.15, -0.1) is 11.6 Å². The van der Waals surface area contributed by atoms with E-state index in [4.69, 9.17) is 11.6 Å². The summed E-state index contributed by atoms with van der Waals surface area (Å²) in [6.07, 6.45) is 0. The predicted octanol–water partition coefficient (Wildman–Crippen LogP) is 1.21. The second-order valence-corrected chi connectivity index (χ2v) is 3.69. The van der Waals surface area contributed by atoms with Crippen LogP contribution in [0.15, 0.2) is 24.3 Å². The summed E-state index contributed by atoms with van der Waals surface area (Å²) < 4.78 is 13.1. The molecule has 16 heavy (non-hydrogen) atoms. The van der Waals surface area contributed by atoms with E-state index in [0.29, 0.717) is 0 Å². The lowest BCUT2D eigenvalue weighted by molar-refractivity contribution is -0.121. The first kappa shape index (κ1) is 12.4. The van der Waals surface area contributed by atoms with Gasteiger partial charge in [-0.25, -0.2) is 4.39 Å². The second-order valence-electron chi connectivity index (χ2n) is 3.04. The maximum absolute atomic E-state index is 13.1. The van der Waals surface area contributed by atoms with Crippen LogP contribution in [0.1, 0.15) is 17.3 Å². The van der Waals surface area contributed by atoms with Crippen LogP contribution in [-0.4, -0.2) is 17.2 Å². The van der Waals surface area contributed by atoms with Crippen LogP contribution < -0.4 is 10.9 Å². The fourth-order valence-corrected chi connectivity index (χ4v) is 0.985. The summed E-state index contributed by atoms with van der Waals surface area (Å²) >= 11 is 5.45. The van der Waals surface area contributed by atoms with Crippen molar-refractivity contribution in [2.75, 3.05) is 0 Å². The largest absolute Gasteiger partial charge is 0.272 e. The number of hydrogen-bond donors (Lipinski definition) is 2. The van der Waals surface area contributed by atoms with Gasteiger partial charge in [-0.2, -0.15) is 0 Å². The highest BCUT2D eigenvalue weighted by atomic mass is 35.5. The Morgan fingerprint density at radius 2 is 1.94 bits per heavy atom. The number of nitrogens with one attached hydrogen (secondary N) is 2. The summed E-state index contributed by atoms with van der Waals surface area (Å²) in [5.41, 5.74) is 3.98. The molecule has 0 aliphatic heterocycles. The van der Waals surface area contributed by atoms with Crippen molar-refractivity contribution < 1.29 is 14.0 Å². The van der Waals surface area contributed by atoms with Crippen LogP contribution in [-0.2, 0) is 4.79 Å². The highest BCUT2D eigenvalue weighted by Gasteiger charge is 2.13. The molecule has 0 aliphatic carbocycles. The second kappa shape index (κ2) is 5.46. The van der Waals surface area contributed by atoms with Gasteiger partial charge >= 0.3 is 0 Å². The third kappa shape index (κ3) is 3.20. The maximum atomic E-state index is 13.1. The van der Waals surface area contributed by atoms with Crippen LogP contribution in [0.4, 0.5) is 4.39 Å². The topological polar surface area (TPSA) is 58.2 Å². The van der Waals surface area contributed by atoms with Gasteiger partial charge in [0.2, 0.25) is 0 Å². The summed E-state index contributed by atoms with van der Waals surface area (Å²) in [5, 5.41) is -0.777. The molecule has 1 rings (SSSR count). The summed E-state index contributed by atoms with van der Waals surface area (Å²) in [5.74, 6) is -1.96. The van der Waals surface area contributed by atoms with Gasteiger partial charge in [0.25, 0.3) is 11.8 Å². The van der Waals surface area contributed by atoms with E-state index < -0.39 is 23.0 Å². The van der Waals surface area contributed by atoms with Gasteiger partial charge < -0.3 is 0 Å². The molecule has 86 valence electrons. The summed E-state index contributed by atoms with van der Waals surface area (Å²) in [7, 11) is 0. The number of rotatable bonds is 2. The number of hydrazine groups is 1. The van der Waals surface area contributed by atoms with Gasteiger partial charge in [-0.05, 0) is 19.1 Å². The highest BCUT2D eigenvalue weighted by Crippen LogP contribution is 2.05. The molecule has 2 amide bonds. The molecule has 1 atom stereocenters. The Morgan fingerprint density at radius 1 is 1.31 bits per heavy atom. The minimum atomic E-state index is -0.777. The number of halogens is 2. The zero-order chi connectivity index (χ0) is 12.1. The first-order valence-corrected chi connectivity index (χ1v) is 4.95. The van der Waals surface area contributed by atoms with E-state index >= 15 is 0 Å². The Kier molecular flexibility index (Phi) is 4.25. The third-order valence-electron chi connectivity index (χ3n) is 1.78. The average molecular weight is 245 g/mol. The van der Waals surface area contributed by atoms with E-state index in [1.165, 1.54) is 25.1 Å². The fraction of sp³-hybridized carbons (Fsp3) is 0.200. The standard InChI is InChI=1S/C10H10ClFN2O2/c1-6(11)9(15)13-14-10(16)7-4-2-3-5-8(7)12/h2-6H,1H3,(H,13,15)(H,14,16)/t6-/m0/s1. The average Bonchev–Trinajstić information content (AvgIpc) is 2.25. The molecule has 0 aromatic heterocycles. The number of alkyl halides is 1. The van der Waals surface area contributed by atoms with Gasteiger partial charge in [0.1, 0.15) is 11.2 Å². The lowest BCUT2D eigenvalue weighted by atomic mass is 10.2. The molecule has 6 heteroatoms. The summed E-state index contributed by atoms with van der Waals surface area (Å²) in [6, 6.07) is 5.44. The molecule has 0 heterocycles. The quantitative estimate of drug-likeness (QED) is 0.607. The number of amides is 2. The molecule has 0 fully saturated rings. The number of benzene rings is 1. The van der Waals surface area contributed by atoms with E-state index in [9.17, 15) is 14.0 Å². The predicted molar refractivity (Wildman–Crippen MR) is 57.3 cm³/mol. The molecule has 4 nitrogen and oxygen atoms in total. The molecule has 0 aliphatic rings. The Morgan fingerprint density at radius 3 is 2.50 bits per heavy atom. The van der Waals surface area contributed by atoms with Crippen LogP contribution in [0, 0.1) is 5.82 Å². The van der Waals surface area contributed by atoms with Crippen molar-refractivity contribution in [3.8, 4) is 0 Å². The molecule has 0 saturated heterocycles. The first-order chi connectivity index (χ1) is 7.52. The molecule has 0 unspecified atom stereocenters. The molecule has 1 aromatic carbocycles. The molecule has 0 radical (unpaired) electrons. The van der Waals surface area contributed by atoms with Crippen molar-refractivity contribution in [3.63, 3.8) is 0 Å². The first-order valence-electron chi connectivity index (χ1n) is 4.51. The number of hydrogen-bond acceptors (Lipinski definition) is 2. The lowest BCUT2D eigenvalue weighted by Crippen LogP contribution is -2.44. The maximum Gasteiger partial charge on any atom is 0.272 e. The van der Waals surface area contributed by atoms with Crippen molar-refractivity contribution in [2.24, 2.45) is 0 Å². The van der Waals surface area contributed by atoms with Crippen LogP contribution >= 0.6 is 11.6 Å². The molecule has 0 bridgehead atoms. The van der Waals surface area contributed by atoms with Crippen molar-refractivity contribution in [3.05, 3.63) is 35.6 Å². The fourth-order valence-electron chi connectivity index (χ4n) is 0.930. The van der Waals surface area contributed by atoms with Gasteiger partial charge in [-0.3, -0.25) is 20.4 Å². The summed E-state index contributed by atoms with van der Waals surface area (Å²) in [6.45, 7) is 1.45. The normalized spacial score (nSPS) is 11.7. The SMILES string of the molecule is C[C@H](Cl)C(=O)NNC(=O)c1ccccc1F. The molecular formula is C10H10ClFN2O2. The molecular weight excluding hydrogens is 235 g/mol. The van der Waals surface area contributed by atoms with E-state index in [2.05, 4.69) is 10.9 Å². The van der Waals surface area contributed by atoms with Crippen LogP contribution in [0.25, 0.3) is 0 Å². The van der Waals surface area contributed by atoms with Crippen LogP contribution in [0.2, 0.25) is 0 Å².